The van der Waals surface area contributed by atoms with Gasteiger partial charge in [-0.3, -0.25) is 14.4 Å². The number of esters is 2. The first-order valence-corrected chi connectivity index (χ1v) is 23.1. The topological polar surface area (TPSA) is 137 Å². The molecule has 0 aromatic heterocycles. The van der Waals surface area contributed by atoms with Gasteiger partial charge in [-0.15, -0.1) is 0 Å². The number of nitrogens with zero attached hydrogens (tertiary/aromatic N) is 3. The number of nitrogens with one attached hydrogen (secondary N) is 1. The van der Waals surface area contributed by atoms with Crippen LogP contribution in [0.25, 0.3) is 4.85 Å². The van der Waals surface area contributed by atoms with Crippen molar-refractivity contribution in [3.63, 3.8) is 0 Å². The molecule has 0 radical (unpaired) electrons. The van der Waals surface area contributed by atoms with Crippen molar-refractivity contribution in [3.05, 3.63) is 99.4 Å². The SMILES string of the molecule is [3H]CC1(COP(OCC[N+]#[C-])N(C(C)C)C(C)C)CCN(C(=O)CCCCCNC(=O)c2ccc3c(c2)C2(OC3=O)c3ccc(C)cc3Oc3cc(OC(=O)C(C)(C)C)ccc32)CC1. The van der Waals surface area contributed by atoms with Gasteiger partial charge in [0.25, 0.3) is 14.4 Å². The minimum Gasteiger partial charge on any atom is -0.456 e. The summed E-state index contributed by atoms with van der Waals surface area (Å²) in [6.07, 6.45) is 3.87. The minimum atomic E-state index is -1.41. The Bertz CT molecular complexity index is 2240. The van der Waals surface area contributed by atoms with Gasteiger partial charge >= 0.3 is 11.9 Å². The minimum absolute atomic E-state index is 0.0939. The number of amides is 2. The molecule has 2 amide bonds. The third-order valence-corrected chi connectivity index (χ3v) is 13.7. The van der Waals surface area contributed by atoms with Crippen molar-refractivity contribution in [1.29, 1.82) is 0 Å². The Balaban J connectivity index is 1.03. The van der Waals surface area contributed by atoms with E-state index in [1.165, 1.54) is 0 Å². The lowest BCUT2D eigenvalue weighted by molar-refractivity contribution is -0.143. The molecule has 0 bridgehead atoms. The van der Waals surface area contributed by atoms with E-state index < -0.39 is 31.5 Å². The maximum Gasteiger partial charge on any atom is 0.340 e. The van der Waals surface area contributed by atoms with Crippen LogP contribution in [0.15, 0.2) is 54.6 Å². The molecule has 1 fully saturated rings. The number of benzene rings is 3. The van der Waals surface area contributed by atoms with E-state index in [0.717, 1.165) is 12.0 Å². The van der Waals surface area contributed by atoms with Crippen molar-refractivity contribution in [2.45, 2.75) is 118 Å². The van der Waals surface area contributed by atoms with Crippen LogP contribution in [0.1, 0.15) is 138 Å². The van der Waals surface area contributed by atoms with Crippen molar-refractivity contribution in [3.8, 4) is 17.2 Å². The van der Waals surface area contributed by atoms with Gasteiger partial charge in [0.2, 0.25) is 12.5 Å². The van der Waals surface area contributed by atoms with Gasteiger partial charge in [-0.05, 0) is 128 Å². The largest absolute Gasteiger partial charge is 0.456 e. The van der Waals surface area contributed by atoms with Crippen LogP contribution in [0.4, 0.5) is 0 Å². The van der Waals surface area contributed by atoms with E-state index in [9.17, 15) is 19.2 Å². The molecule has 14 heteroatoms. The molecule has 1 spiro atoms. The number of rotatable bonds is 17. The average Bonchev–Trinajstić information content (AvgIpc) is 3.54. The predicted octanol–water partition coefficient (Wildman–Crippen LogP) is 9.73. The zero-order valence-corrected chi connectivity index (χ0v) is 38.9. The summed E-state index contributed by atoms with van der Waals surface area (Å²) in [7, 11) is -1.40. The Kier molecular flexibility index (Phi) is 14.6. The van der Waals surface area contributed by atoms with Gasteiger partial charge in [0.15, 0.2) is 5.60 Å². The molecule has 3 heterocycles. The first-order valence-electron chi connectivity index (χ1n) is 22.7. The fraction of sp³-hybridized carbons (Fsp3) is 0.531. The molecule has 2 unspecified atom stereocenters. The Morgan fingerprint density at radius 1 is 0.952 bits per heavy atom. The maximum absolute atomic E-state index is 13.6. The molecule has 6 rings (SSSR count). The molecule has 0 saturated carbocycles. The van der Waals surface area contributed by atoms with Crippen LogP contribution in [0.2, 0.25) is 0 Å². The molecular weight excluding hydrogens is 820 g/mol. The number of piperidine rings is 1. The van der Waals surface area contributed by atoms with E-state index in [-0.39, 0.29) is 42.8 Å². The molecule has 13 nitrogen and oxygen atoms in total. The number of carbonyl (C=O) groups excluding carboxylic acids is 4. The molecule has 3 aliphatic rings. The molecule has 3 aromatic rings. The van der Waals surface area contributed by atoms with Crippen molar-refractivity contribution in [2.75, 3.05) is 39.4 Å². The lowest BCUT2D eigenvalue weighted by Crippen LogP contribution is -2.44. The van der Waals surface area contributed by atoms with Gasteiger partial charge in [0.05, 0.1) is 17.6 Å². The summed E-state index contributed by atoms with van der Waals surface area (Å²) in [6.45, 7) is 25.5. The Labute approximate surface area is 375 Å². The highest BCUT2D eigenvalue weighted by molar-refractivity contribution is 7.44. The third-order valence-electron chi connectivity index (χ3n) is 11.7. The lowest BCUT2D eigenvalue weighted by atomic mass is 9.77. The van der Waals surface area contributed by atoms with E-state index in [2.05, 4.69) is 42.5 Å². The van der Waals surface area contributed by atoms with Crippen LogP contribution in [0.3, 0.4) is 0 Å². The molecule has 2 atom stereocenters. The number of ether oxygens (including phenoxy) is 3. The molecular formula is C49H63N4O9P. The molecule has 1 N–H and O–H groups in total. The fourth-order valence-corrected chi connectivity index (χ4v) is 9.91. The quantitative estimate of drug-likeness (QED) is 0.0459. The summed E-state index contributed by atoms with van der Waals surface area (Å²) in [5.41, 5.74) is 0.792. The normalized spacial score (nSPS) is 18.2. The van der Waals surface area contributed by atoms with Crippen LogP contribution in [0, 0.1) is 24.3 Å². The van der Waals surface area contributed by atoms with Gasteiger partial charge in [-0.2, -0.15) is 0 Å². The second-order valence-electron chi connectivity index (χ2n) is 18.5. The predicted molar refractivity (Wildman–Crippen MR) is 242 cm³/mol. The van der Waals surface area contributed by atoms with Crippen LogP contribution < -0.4 is 14.8 Å². The number of hydrogen-bond donors (Lipinski definition) is 1. The summed E-state index contributed by atoms with van der Waals surface area (Å²) < 4.78 is 41.5. The van der Waals surface area contributed by atoms with Crippen molar-refractivity contribution < 1.29 is 43.8 Å². The lowest BCUT2D eigenvalue weighted by Gasteiger charge is -2.41. The van der Waals surface area contributed by atoms with Gasteiger partial charge in [0, 0.05) is 67.8 Å². The molecule has 63 heavy (non-hydrogen) atoms. The van der Waals surface area contributed by atoms with Gasteiger partial charge in [-0.1, -0.05) is 25.5 Å². The van der Waals surface area contributed by atoms with Crippen molar-refractivity contribution in [1.82, 2.24) is 14.9 Å². The highest BCUT2D eigenvalue weighted by Gasteiger charge is 2.54. The van der Waals surface area contributed by atoms with E-state index in [1.807, 2.05) is 30.0 Å². The number of carbonyl (C=O) groups is 4. The van der Waals surface area contributed by atoms with Crippen LogP contribution in [-0.4, -0.2) is 84.8 Å². The third kappa shape index (κ3) is 10.7. The Hall–Kier alpha value is -4.86. The smallest absolute Gasteiger partial charge is 0.340 e. The number of hydrogen-bond acceptors (Lipinski definition) is 10. The van der Waals surface area contributed by atoms with Gasteiger partial charge in [-0.25, -0.2) is 16.0 Å². The molecule has 1 saturated heterocycles. The van der Waals surface area contributed by atoms with Crippen LogP contribution in [-0.2, 0) is 29.0 Å². The molecule has 3 aromatic carbocycles. The number of fused-ring (bicyclic) bond motifs is 6. The standard InChI is InChI=1S/C49H63N4O9P/c1-32(2)53(33(3)4)63(58-27-24-50-10)59-31-48(9)21-25-52(26-22-48)43(54)14-12-11-13-23-51-44(55)35-16-18-37-40(29-35)49(62-45(37)56)38-19-15-34(5)28-41(38)61-42-30-36(17-20-39(42)49)60-46(57)47(6,7)8/h15-20,28-30,32-33H,11-14,21-27,31H2,1-9H3,(H,51,55)/i9T. The zero-order chi connectivity index (χ0) is 46.4. The summed E-state index contributed by atoms with van der Waals surface area (Å²) in [5.74, 6) is -0.00210. The highest BCUT2D eigenvalue weighted by Crippen LogP contribution is 2.57. The molecule has 0 aliphatic carbocycles. The second-order valence-corrected chi connectivity index (χ2v) is 19.9. The summed E-state index contributed by atoms with van der Waals surface area (Å²) in [5, 5.41) is 3.01. The van der Waals surface area contributed by atoms with Gasteiger partial charge < -0.3 is 38.3 Å². The summed E-state index contributed by atoms with van der Waals surface area (Å²) >= 11 is 0. The van der Waals surface area contributed by atoms with Crippen LogP contribution in [0.5, 0.6) is 17.2 Å². The van der Waals surface area contributed by atoms with Crippen LogP contribution >= 0.6 is 8.53 Å². The van der Waals surface area contributed by atoms with E-state index >= 15 is 0 Å². The first kappa shape index (κ1) is 46.1. The number of likely N-dealkylation sites (tertiary alicyclic amines) is 1. The Morgan fingerprint density at radius 2 is 1.65 bits per heavy atom. The maximum atomic E-state index is 13.6. The van der Waals surface area contributed by atoms with E-state index in [4.69, 9.17) is 31.2 Å². The Morgan fingerprint density at radius 3 is 2.32 bits per heavy atom. The second kappa shape index (κ2) is 19.9. The molecule has 338 valence electrons. The van der Waals surface area contributed by atoms with Crippen molar-refractivity contribution >= 4 is 32.3 Å². The monoisotopic (exact) mass is 884 g/mol. The van der Waals surface area contributed by atoms with Gasteiger partial charge in [0.1, 0.15) is 23.9 Å². The highest BCUT2D eigenvalue weighted by atomic mass is 31.2. The number of unbranched alkanes of at least 4 members (excludes halogenated alkanes) is 2. The average molecular weight is 885 g/mol. The molecule has 3 aliphatic heterocycles. The first-order chi connectivity index (χ1) is 30.4. The zero-order valence-electron chi connectivity index (χ0n) is 39.0. The van der Waals surface area contributed by atoms with E-state index in [0.29, 0.717) is 110 Å². The fourth-order valence-electron chi connectivity index (χ4n) is 8.19. The van der Waals surface area contributed by atoms with E-state index in [1.54, 1.807) is 57.2 Å². The van der Waals surface area contributed by atoms with Crippen molar-refractivity contribution in [2.24, 2.45) is 10.8 Å². The summed E-state index contributed by atoms with van der Waals surface area (Å²) in [4.78, 5) is 58.5. The summed E-state index contributed by atoms with van der Waals surface area (Å²) in [6, 6.07) is 16.0. The number of aryl methyl sites for hydroxylation is 1.